The highest BCUT2D eigenvalue weighted by molar-refractivity contribution is 6.35. The van der Waals surface area contributed by atoms with E-state index in [0.717, 1.165) is 48.1 Å². The maximum absolute atomic E-state index is 6.39. The molecule has 2 heterocycles. The first-order valence-corrected chi connectivity index (χ1v) is 10.1. The Balaban J connectivity index is 1.57. The Kier molecular flexibility index (Phi) is 5.52. The van der Waals surface area contributed by atoms with Gasteiger partial charge in [-0.3, -0.25) is 10.4 Å². The summed E-state index contributed by atoms with van der Waals surface area (Å²) < 4.78 is 10.8. The summed E-state index contributed by atoms with van der Waals surface area (Å²) in [4.78, 5) is 2.35. The van der Waals surface area contributed by atoms with Gasteiger partial charge in [0.15, 0.2) is 0 Å². The molecule has 0 aromatic heterocycles. The lowest BCUT2D eigenvalue weighted by Crippen LogP contribution is -2.30. The largest absolute Gasteiger partial charge is 0.497 e. The number of rotatable bonds is 5. The van der Waals surface area contributed by atoms with Crippen LogP contribution < -0.4 is 19.9 Å². The van der Waals surface area contributed by atoms with Gasteiger partial charge in [0.1, 0.15) is 11.5 Å². The van der Waals surface area contributed by atoms with Crippen molar-refractivity contribution in [2.24, 2.45) is 0 Å². The molecule has 0 unspecified atom stereocenters. The molecule has 1 N–H and O–H groups in total. The number of allylic oxidation sites excluding steroid dienone is 1. The fraction of sp³-hybridized carbons (Fsp3) is 0.273. The minimum atomic E-state index is 0.661. The molecule has 29 heavy (non-hydrogen) atoms. The number of nitrogens with one attached hydrogen (secondary N) is 1. The number of hydrogen-bond donors (Lipinski definition) is 1. The molecule has 0 spiro atoms. The van der Waals surface area contributed by atoms with Crippen molar-refractivity contribution in [3.63, 3.8) is 0 Å². The third kappa shape index (κ3) is 3.98. The first-order chi connectivity index (χ1) is 14.0. The normalized spacial score (nSPS) is 15.8. The van der Waals surface area contributed by atoms with E-state index in [1.807, 2.05) is 35.3 Å². The molecular weight excluding hydrogens is 409 g/mol. The molecule has 4 rings (SSSR count). The van der Waals surface area contributed by atoms with E-state index in [0.29, 0.717) is 10.0 Å². The van der Waals surface area contributed by atoms with Gasteiger partial charge >= 0.3 is 0 Å². The van der Waals surface area contributed by atoms with Gasteiger partial charge in [-0.1, -0.05) is 23.2 Å². The molecule has 2 aromatic carbocycles. The van der Waals surface area contributed by atoms with E-state index in [1.165, 1.54) is 11.3 Å². The van der Waals surface area contributed by atoms with Crippen LogP contribution in [-0.2, 0) is 6.54 Å². The van der Waals surface area contributed by atoms with Crippen LogP contribution in [0.5, 0.6) is 11.5 Å². The number of methoxy groups -OCH3 is 2. The Bertz CT molecular complexity index is 981. The lowest BCUT2D eigenvalue weighted by Gasteiger charge is -2.29. The van der Waals surface area contributed by atoms with Gasteiger partial charge in [0.2, 0.25) is 0 Å². The summed E-state index contributed by atoms with van der Waals surface area (Å²) in [6.45, 7) is 4.46. The highest BCUT2D eigenvalue weighted by Gasteiger charge is 2.29. The molecule has 2 aromatic rings. The highest BCUT2D eigenvalue weighted by atomic mass is 35.5. The minimum Gasteiger partial charge on any atom is -0.497 e. The van der Waals surface area contributed by atoms with E-state index in [4.69, 9.17) is 32.7 Å². The van der Waals surface area contributed by atoms with Crippen molar-refractivity contribution in [3.8, 4) is 11.5 Å². The summed E-state index contributed by atoms with van der Waals surface area (Å²) in [7, 11) is 3.34. The molecule has 152 valence electrons. The zero-order valence-corrected chi connectivity index (χ0v) is 18.1. The van der Waals surface area contributed by atoms with E-state index < -0.39 is 0 Å². The Morgan fingerprint density at radius 3 is 2.45 bits per heavy atom. The fourth-order valence-electron chi connectivity index (χ4n) is 3.70. The number of fused-ring (bicyclic) bond motifs is 1. The van der Waals surface area contributed by atoms with Crippen LogP contribution in [0.2, 0.25) is 10.0 Å². The quantitative estimate of drug-likeness (QED) is 0.719. The van der Waals surface area contributed by atoms with E-state index in [1.54, 1.807) is 20.3 Å². The Morgan fingerprint density at radius 2 is 1.76 bits per heavy atom. The zero-order valence-electron chi connectivity index (χ0n) is 16.6. The summed E-state index contributed by atoms with van der Waals surface area (Å²) in [5.41, 5.74) is 9.08. The fourth-order valence-corrected chi connectivity index (χ4v) is 4.09. The topological polar surface area (TPSA) is 37.0 Å². The second-order valence-electron chi connectivity index (χ2n) is 7.08. The maximum atomic E-state index is 6.39. The van der Waals surface area contributed by atoms with E-state index >= 15 is 0 Å². The second-order valence-corrected chi connectivity index (χ2v) is 7.92. The number of hydrogen-bond acceptors (Lipinski definition) is 5. The van der Waals surface area contributed by atoms with Gasteiger partial charge in [0.25, 0.3) is 0 Å². The van der Waals surface area contributed by atoms with Crippen LogP contribution in [0.1, 0.15) is 12.5 Å². The maximum Gasteiger partial charge on any atom is 0.122 e. The van der Waals surface area contributed by atoms with Crippen molar-refractivity contribution in [2.45, 2.75) is 13.5 Å². The molecule has 1 fully saturated rings. The Hall–Kier alpha value is -2.50. The molecule has 0 bridgehead atoms. The van der Waals surface area contributed by atoms with E-state index in [9.17, 15) is 0 Å². The van der Waals surface area contributed by atoms with Crippen molar-refractivity contribution in [3.05, 3.63) is 75.1 Å². The molecule has 1 saturated heterocycles. The van der Waals surface area contributed by atoms with Gasteiger partial charge in [-0.2, -0.15) is 0 Å². The Morgan fingerprint density at radius 1 is 1.03 bits per heavy atom. The molecule has 0 aliphatic carbocycles. The second kappa shape index (κ2) is 8.09. The number of halogens is 2. The van der Waals surface area contributed by atoms with Crippen LogP contribution in [0.4, 0.5) is 5.69 Å². The van der Waals surface area contributed by atoms with Gasteiger partial charge in [0.05, 0.1) is 37.2 Å². The van der Waals surface area contributed by atoms with Crippen molar-refractivity contribution in [1.82, 2.24) is 10.3 Å². The van der Waals surface area contributed by atoms with Gasteiger partial charge in [-0.25, -0.2) is 0 Å². The number of ether oxygens (including phenoxy) is 2. The number of nitrogens with zero attached hydrogens (tertiary/aromatic N) is 2. The molecule has 0 saturated carbocycles. The van der Waals surface area contributed by atoms with E-state index in [-0.39, 0.29) is 0 Å². The summed E-state index contributed by atoms with van der Waals surface area (Å²) in [6, 6.07) is 11.5. The molecule has 0 atom stereocenters. The Labute approximate surface area is 181 Å². The van der Waals surface area contributed by atoms with Crippen molar-refractivity contribution >= 4 is 28.9 Å². The average Bonchev–Trinajstić information content (AvgIpc) is 3.16. The van der Waals surface area contributed by atoms with Crippen molar-refractivity contribution in [2.75, 3.05) is 32.3 Å². The molecular formula is C22H23Cl2N3O2. The van der Waals surface area contributed by atoms with Crippen LogP contribution in [0.3, 0.4) is 0 Å². The van der Waals surface area contributed by atoms with Gasteiger partial charge < -0.3 is 14.4 Å². The smallest absolute Gasteiger partial charge is 0.122 e. The molecule has 0 radical (unpaired) electrons. The molecule has 0 amide bonds. The third-order valence-corrected chi connectivity index (χ3v) is 5.86. The predicted molar refractivity (Wildman–Crippen MR) is 118 cm³/mol. The van der Waals surface area contributed by atoms with Crippen molar-refractivity contribution in [1.29, 1.82) is 0 Å². The van der Waals surface area contributed by atoms with Crippen molar-refractivity contribution < 1.29 is 9.47 Å². The first kappa shape index (κ1) is 19.8. The lowest BCUT2D eigenvalue weighted by atomic mass is 10.1. The monoisotopic (exact) mass is 431 g/mol. The molecule has 2 aliphatic heterocycles. The summed E-state index contributed by atoms with van der Waals surface area (Å²) >= 11 is 12.6. The van der Waals surface area contributed by atoms with Crippen LogP contribution in [0.25, 0.3) is 0 Å². The van der Waals surface area contributed by atoms with Crippen LogP contribution >= 0.6 is 23.2 Å². The van der Waals surface area contributed by atoms with Crippen LogP contribution in [-0.4, -0.2) is 32.2 Å². The first-order valence-electron chi connectivity index (χ1n) is 9.35. The van der Waals surface area contributed by atoms with Gasteiger partial charge in [-0.05, 0) is 48.9 Å². The standard InChI is InChI=1S/C22H23Cl2N3O2/c1-14-19-13-27(22-10-16(23)4-5-20(22)24)25-21(19)6-7-26(14)12-15-8-17(28-2)11-18(9-15)29-3/h4-6,8-11,25H,7,12-13H2,1-3H3. The molecule has 5 nitrogen and oxygen atoms in total. The summed E-state index contributed by atoms with van der Waals surface area (Å²) in [5, 5.41) is 3.37. The van der Waals surface area contributed by atoms with E-state index in [2.05, 4.69) is 23.3 Å². The van der Waals surface area contributed by atoms with Gasteiger partial charge in [0, 0.05) is 35.4 Å². The summed E-state index contributed by atoms with van der Waals surface area (Å²) in [6.07, 6.45) is 2.21. The minimum absolute atomic E-state index is 0.661. The molecule has 7 heteroatoms. The molecule has 2 aliphatic rings. The SMILES string of the molecule is COc1cc(CN2CC=C3NN(c4cc(Cl)ccc4Cl)CC3=C2C)cc(OC)c1. The zero-order chi connectivity index (χ0) is 20.5. The number of anilines is 1. The highest BCUT2D eigenvalue weighted by Crippen LogP contribution is 2.35. The average molecular weight is 432 g/mol. The number of hydrazine groups is 1. The van der Waals surface area contributed by atoms with Gasteiger partial charge in [-0.15, -0.1) is 0 Å². The lowest BCUT2D eigenvalue weighted by molar-refractivity contribution is 0.358. The summed E-state index contributed by atoms with van der Waals surface area (Å²) in [5.74, 6) is 1.59. The number of benzene rings is 2. The van der Waals surface area contributed by atoms with Crippen LogP contribution in [0.15, 0.2) is 59.4 Å². The van der Waals surface area contributed by atoms with Crippen LogP contribution in [0, 0.1) is 0 Å². The third-order valence-electron chi connectivity index (χ3n) is 5.31. The predicted octanol–water partition coefficient (Wildman–Crippen LogP) is 5.01.